The Bertz CT molecular complexity index is 4810. The van der Waals surface area contributed by atoms with Crippen LogP contribution < -0.4 is 0 Å². The quantitative estimate of drug-likeness (QED) is 0.0160. The van der Waals surface area contributed by atoms with Crippen LogP contribution in [0.5, 0.6) is 0 Å². The molecule has 0 amide bonds. The molecule has 5 heterocycles. The number of carbonyl (C=O) groups excluding carboxylic acids is 13. The molecule has 10 aliphatic rings. The van der Waals surface area contributed by atoms with E-state index in [4.69, 9.17) is 72.5 Å². The summed E-state index contributed by atoms with van der Waals surface area (Å²) in [6, 6.07) is 0. The second kappa shape index (κ2) is 52.5. The molecule has 4 N–H and O–H groups in total. The van der Waals surface area contributed by atoms with E-state index in [0.29, 0.717) is 93.6 Å². The predicted octanol–water partition coefficient (Wildman–Crippen LogP) is 16.0. The van der Waals surface area contributed by atoms with E-state index in [1.807, 2.05) is 114 Å². The summed E-state index contributed by atoms with van der Waals surface area (Å²) in [6.45, 7) is 41.8. The molecule has 0 aromatic rings. The number of carbonyl (C=O) groups is 13. The maximum Gasteiger partial charge on any atom is 0.307 e. The second-order valence-electron chi connectivity index (χ2n) is 36.9. The molecule has 5 spiro atoms. The largest absolute Gasteiger partial charge is 0.463 e. The van der Waals surface area contributed by atoms with Gasteiger partial charge in [0.1, 0.15) is 79.7 Å². The summed E-state index contributed by atoms with van der Waals surface area (Å²) in [4.78, 5) is 150. The Kier molecular flexibility index (Phi) is 43.7. The summed E-state index contributed by atoms with van der Waals surface area (Å²) in [5.41, 5.74) is 9.34. The van der Waals surface area contributed by atoms with Crippen LogP contribution in [0, 0.1) is 27.1 Å². The fourth-order valence-electron chi connectivity index (χ4n) is 18.4. The molecule has 5 aliphatic carbocycles. The smallest absolute Gasteiger partial charge is 0.307 e. The van der Waals surface area contributed by atoms with Gasteiger partial charge in [-0.2, -0.15) is 0 Å². The number of esters is 11. The highest BCUT2D eigenvalue weighted by Crippen LogP contribution is 2.55. The van der Waals surface area contributed by atoms with E-state index < -0.39 is 75.9 Å². The van der Waals surface area contributed by atoms with Crippen LogP contribution in [0.4, 0.5) is 0 Å². The lowest BCUT2D eigenvalue weighted by Crippen LogP contribution is -2.50. The first kappa shape index (κ1) is 111. The predicted molar refractivity (Wildman–Crippen MR) is 502 cm³/mol. The summed E-state index contributed by atoms with van der Waals surface area (Å²) >= 11 is 0. The van der Waals surface area contributed by atoms with Gasteiger partial charge in [0.25, 0.3) is 0 Å². The van der Waals surface area contributed by atoms with Crippen LogP contribution in [0.25, 0.3) is 0 Å². The first-order chi connectivity index (χ1) is 63.2. The molecule has 0 radical (unpaired) electrons. The average molecular weight is 1860 g/mol. The van der Waals surface area contributed by atoms with Crippen LogP contribution in [0.3, 0.4) is 0 Å². The zero-order valence-corrected chi connectivity index (χ0v) is 80.7. The lowest BCUT2D eigenvalue weighted by atomic mass is 9.66. The minimum atomic E-state index is -0.696. The molecular weight excluding hydrogens is 1720 g/mol. The molecule has 6 unspecified atom stereocenters. The van der Waals surface area contributed by atoms with Crippen molar-refractivity contribution in [2.75, 3.05) is 26.4 Å². The molecule has 28 nitrogen and oxygen atoms in total. The molecule has 5 saturated heterocycles. The third-order valence-electron chi connectivity index (χ3n) is 25.5. The van der Waals surface area contributed by atoms with Gasteiger partial charge in [0.2, 0.25) is 0 Å². The van der Waals surface area contributed by atoms with Crippen LogP contribution in [0.15, 0.2) is 214 Å². The number of cyclic esters (lactones) is 5. The first-order valence-corrected chi connectivity index (χ1v) is 45.8. The normalized spacial score (nSPS) is 28.9. The number of aliphatic hydroxyl groups is 4. The fraction of sp³-hybridized carbons (Fsp3) is 0.538. The van der Waals surface area contributed by atoms with Gasteiger partial charge in [0.05, 0.1) is 63.9 Å². The third kappa shape index (κ3) is 32.8. The van der Waals surface area contributed by atoms with E-state index >= 15 is 0 Å². The molecule has 0 aromatic carbocycles. The van der Waals surface area contributed by atoms with Gasteiger partial charge in [-0.3, -0.25) is 62.3 Å². The molecule has 10 rings (SSSR count). The zero-order chi connectivity index (χ0) is 99.6. The van der Waals surface area contributed by atoms with Gasteiger partial charge in [-0.1, -0.05) is 120 Å². The van der Waals surface area contributed by atoms with Crippen molar-refractivity contribution >= 4 is 78.2 Å². The lowest BCUT2D eigenvalue weighted by Gasteiger charge is -2.44. The highest BCUT2D eigenvalue weighted by atomic mass is 16.6. The van der Waals surface area contributed by atoms with E-state index in [0.717, 1.165) is 101 Å². The number of ether oxygens (including phenoxy) is 11. The fourth-order valence-corrected chi connectivity index (χ4v) is 18.4. The standard InChI is InChI=1S/C22H32O6.C21H28O6.C21H26O6.C21H28O5.C21H26O5/c1-14(2)7-6-8-15(3)11-20-22(13-21(25)28-20)12-18(26-16(4)23)9-10-19(22)27-17(5)24;2*1-14(5-4-6-17(12-22)13-23)9-19-21(11-20(25)27-19)10-18(26-16(3)24)8-7-15(21)2;2*1-14(6-5-7-15(2)13-22)10-19-21(12-20(24)26-19)11-18(25-17(4)23)9-8-16(21)3/h7,11,18-20H,6,8-10,12-13H2,1-5H3;6-9,18-19,22-23H,2,4-5,10-13H2,1,3H3;6-9,12,18-19,23H,2,4-5,10-11,13H2,1,3H3;7-10,18-19,22H,3,5-6,11-13H2,1-2,4H3;7-10,13,18-19H,3,5-6,11-12H2,1-2,4H3/b15-11+;14-9+;14-9+,17-6-;2*14-10+,15-7+/t18-,19?,20-,22?;4*18-,19-,21?/m11111/s1. The Morgan fingerprint density at radius 1 is 0.351 bits per heavy atom. The number of rotatable bonds is 32. The van der Waals surface area contributed by atoms with Crippen LogP contribution in [0.2, 0.25) is 0 Å². The number of aliphatic hydroxyl groups excluding tert-OH is 4. The Balaban J connectivity index is 0.000000258. The first-order valence-electron chi connectivity index (χ1n) is 45.8. The maximum absolute atomic E-state index is 12.3. The summed E-state index contributed by atoms with van der Waals surface area (Å²) in [6.07, 6.45) is 42.8. The Morgan fingerprint density at radius 3 is 0.963 bits per heavy atom. The maximum atomic E-state index is 12.3. The molecular formula is C106H140O28. The average Bonchev–Trinajstić information content (AvgIpc) is 1.61. The van der Waals surface area contributed by atoms with Gasteiger partial charge in [-0.25, -0.2) is 0 Å². The van der Waals surface area contributed by atoms with Gasteiger partial charge < -0.3 is 72.5 Å². The molecule has 732 valence electrons. The summed E-state index contributed by atoms with van der Waals surface area (Å²) < 4.78 is 60.3. The van der Waals surface area contributed by atoms with Crippen LogP contribution >= 0.6 is 0 Å². The van der Waals surface area contributed by atoms with Crippen molar-refractivity contribution in [3.05, 3.63) is 214 Å². The Labute approximate surface area is 788 Å². The third-order valence-corrected chi connectivity index (χ3v) is 25.5. The molecule has 6 fully saturated rings. The van der Waals surface area contributed by atoms with Crippen molar-refractivity contribution in [1.29, 1.82) is 0 Å². The molecule has 16 atom stereocenters. The minimum Gasteiger partial charge on any atom is -0.463 e. The van der Waals surface area contributed by atoms with Crippen molar-refractivity contribution in [3.8, 4) is 0 Å². The highest BCUT2D eigenvalue weighted by Gasteiger charge is 2.60. The molecule has 1 saturated carbocycles. The van der Waals surface area contributed by atoms with E-state index in [9.17, 15) is 62.3 Å². The summed E-state index contributed by atoms with van der Waals surface area (Å²) in [5.74, 6) is -3.58. The van der Waals surface area contributed by atoms with Gasteiger partial charge >= 0.3 is 65.7 Å². The molecule has 5 aliphatic heterocycles. The number of hydrogen-bond donors (Lipinski definition) is 4. The van der Waals surface area contributed by atoms with E-state index in [1.54, 1.807) is 37.3 Å². The number of hydrogen-bond acceptors (Lipinski definition) is 28. The Hall–Kier alpha value is -11.3. The number of aldehydes is 2. The molecule has 0 bridgehead atoms. The van der Waals surface area contributed by atoms with Crippen molar-refractivity contribution < 1.29 is 135 Å². The molecule has 0 aromatic heterocycles. The Morgan fingerprint density at radius 2 is 0.657 bits per heavy atom. The molecule has 28 heteroatoms. The van der Waals surface area contributed by atoms with Crippen LogP contribution in [0.1, 0.15) is 245 Å². The minimum absolute atomic E-state index is 0.0653. The second-order valence-corrected chi connectivity index (χ2v) is 36.9. The van der Waals surface area contributed by atoms with Gasteiger partial charge in [0.15, 0.2) is 0 Å². The van der Waals surface area contributed by atoms with Crippen LogP contribution in [-0.4, -0.2) is 192 Å². The van der Waals surface area contributed by atoms with Crippen LogP contribution in [-0.2, 0) is 114 Å². The highest BCUT2D eigenvalue weighted by molar-refractivity contribution is 5.79. The zero-order valence-electron chi connectivity index (χ0n) is 80.7. The van der Waals surface area contributed by atoms with Crippen molar-refractivity contribution in [2.24, 2.45) is 27.1 Å². The van der Waals surface area contributed by atoms with E-state index in [1.165, 1.54) is 47.1 Å². The summed E-state index contributed by atoms with van der Waals surface area (Å²) in [7, 11) is 0. The monoisotopic (exact) mass is 1860 g/mol. The van der Waals surface area contributed by atoms with E-state index in [2.05, 4.69) is 46.2 Å². The van der Waals surface area contributed by atoms with Gasteiger partial charge in [-0.05, 0) is 234 Å². The molecule has 134 heavy (non-hydrogen) atoms. The number of allylic oxidation sites excluding steroid dienone is 16. The summed E-state index contributed by atoms with van der Waals surface area (Å²) in [5, 5.41) is 36.2. The lowest BCUT2D eigenvalue weighted by molar-refractivity contribution is -0.172. The van der Waals surface area contributed by atoms with Crippen molar-refractivity contribution in [1.82, 2.24) is 0 Å². The van der Waals surface area contributed by atoms with Gasteiger partial charge in [-0.15, -0.1) is 0 Å². The van der Waals surface area contributed by atoms with Gasteiger partial charge in [0, 0.05) is 94.5 Å². The SMILES string of the molecule is C=C1C=C[C@@H](OC(C)=O)CC12CC(=O)O[C@@H]2/C=C(\C)CC/C=C(/C=O)CO.C=C1C=C[C@@H](OC(C)=O)CC12CC(=O)O[C@@H]2/C=C(\C)CC/C=C(\C)C=O.C=C1C=C[C@@H](OC(C)=O)CC12CC(=O)O[C@@H]2/C=C(\C)CC/C=C(\C)CO.C=C1C=C[C@@H](OC(C)=O)CC12CC(=O)O[C@@H]2/C=C(\C)CCC=C(CO)CO.CC(=O)OC1CC[C@@H](OC(C)=O)CC12CC(=O)O[C@@H]2/C=C(\C)CCC=C(C)C. The topological polar surface area (TPSA) is 404 Å². The van der Waals surface area contributed by atoms with Crippen molar-refractivity contribution in [3.63, 3.8) is 0 Å². The van der Waals surface area contributed by atoms with E-state index in [-0.39, 0.29) is 143 Å². The van der Waals surface area contributed by atoms with Crippen molar-refractivity contribution in [2.45, 2.75) is 312 Å².